The Hall–Kier alpha value is -2.46. The van der Waals surface area contributed by atoms with Crippen LogP contribution in [-0.2, 0) is 13.2 Å². The number of anilines is 1. The number of rotatable bonds is 5. The van der Waals surface area contributed by atoms with Gasteiger partial charge in [0.1, 0.15) is 11.6 Å². The first kappa shape index (κ1) is 19.3. The summed E-state index contributed by atoms with van der Waals surface area (Å²) in [5, 5.41) is 11.9. The monoisotopic (exact) mass is 481 g/mol. The lowest BCUT2D eigenvalue weighted by Crippen LogP contribution is -2.40. The molecule has 27 heavy (non-hydrogen) atoms. The fourth-order valence-electron chi connectivity index (χ4n) is 2.74. The molecule has 0 atom stereocenters. The SMILES string of the molecule is CNc1cc(=O)n(Cc2ccc(CO)cc2)c(=O)n1-c1ccc(I)cc1F. The molecule has 6 nitrogen and oxygen atoms in total. The summed E-state index contributed by atoms with van der Waals surface area (Å²) in [7, 11) is 1.56. The van der Waals surface area contributed by atoms with Gasteiger partial charge in [0.2, 0.25) is 0 Å². The molecule has 0 aliphatic carbocycles. The van der Waals surface area contributed by atoms with Crippen LogP contribution >= 0.6 is 22.6 Å². The van der Waals surface area contributed by atoms with Crippen molar-refractivity contribution in [3.8, 4) is 5.69 Å². The second kappa shape index (κ2) is 8.05. The predicted molar refractivity (Wildman–Crippen MR) is 110 cm³/mol. The third kappa shape index (κ3) is 3.96. The average molecular weight is 481 g/mol. The van der Waals surface area contributed by atoms with Crippen molar-refractivity contribution >= 4 is 28.4 Å². The van der Waals surface area contributed by atoms with Crippen LogP contribution in [-0.4, -0.2) is 21.3 Å². The second-order valence-corrected chi connectivity index (χ2v) is 7.14. The second-order valence-electron chi connectivity index (χ2n) is 5.89. The topological polar surface area (TPSA) is 76.3 Å². The van der Waals surface area contributed by atoms with E-state index in [0.29, 0.717) is 3.57 Å². The minimum atomic E-state index is -0.641. The maximum absolute atomic E-state index is 14.5. The fraction of sp³-hybridized carbons (Fsp3) is 0.158. The van der Waals surface area contributed by atoms with Gasteiger partial charge < -0.3 is 10.4 Å². The largest absolute Gasteiger partial charge is 0.392 e. The summed E-state index contributed by atoms with van der Waals surface area (Å²) in [4.78, 5) is 25.5. The summed E-state index contributed by atoms with van der Waals surface area (Å²) in [5.41, 5.74) is 0.387. The number of halogens is 2. The molecule has 0 bridgehead atoms. The Morgan fingerprint density at radius 1 is 1.07 bits per heavy atom. The van der Waals surface area contributed by atoms with Crippen LogP contribution in [0.25, 0.3) is 5.69 Å². The Kier molecular flexibility index (Phi) is 5.76. The number of nitrogens with one attached hydrogen (secondary N) is 1. The summed E-state index contributed by atoms with van der Waals surface area (Å²) in [5.74, 6) is -0.352. The number of aromatic nitrogens is 2. The van der Waals surface area contributed by atoms with Crippen LogP contribution in [0.15, 0.2) is 58.1 Å². The highest BCUT2D eigenvalue weighted by Gasteiger charge is 2.16. The molecule has 3 rings (SSSR count). The van der Waals surface area contributed by atoms with Gasteiger partial charge >= 0.3 is 5.69 Å². The van der Waals surface area contributed by atoms with Crippen LogP contribution in [0, 0.1) is 9.39 Å². The van der Waals surface area contributed by atoms with Crippen LogP contribution in [0.1, 0.15) is 11.1 Å². The molecule has 2 aromatic carbocycles. The van der Waals surface area contributed by atoms with Gasteiger partial charge in [0.25, 0.3) is 5.56 Å². The summed E-state index contributed by atoms with van der Waals surface area (Å²) in [6, 6.07) is 12.7. The van der Waals surface area contributed by atoms with E-state index in [4.69, 9.17) is 5.11 Å². The predicted octanol–water partition coefficient (Wildman–Crippen LogP) is 2.33. The van der Waals surface area contributed by atoms with Crippen LogP contribution in [0.4, 0.5) is 10.2 Å². The number of hydrogen-bond acceptors (Lipinski definition) is 4. The van der Waals surface area contributed by atoms with Gasteiger partial charge in [-0.25, -0.2) is 13.8 Å². The molecule has 0 radical (unpaired) electrons. The Morgan fingerprint density at radius 2 is 1.74 bits per heavy atom. The Balaban J connectivity index is 2.15. The Labute approximate surface area is 168 Å². The molecular weight excluding hydrogens is 464 g/mol. The molecule has 0 fully saturated rings. The van der Waals surface area contributed by atoms with E-state index in [9.17, 15) is 14.0 Å². The first-order chi connectivity index (χ1) is 12.9. The Morgan fingerprint density at radius 3 is 2.33 bits per heavy atom. The van der Waals surface area contributed by atoms with Crippen molar-refractivity contribution in [2.75, 3.05) is 12.4 Å². The van der Waals surface area contributed by atoms with E-state index >= 15 is 0 Å². The number of aliphatic hydroxyl groups is 1. The van der Waals surface area contributed by atoms with Gasteiger partial charge in [0, 0.05) is 16.7 Å². The third-order valence-electron chi connectivity index (χ3n) is 4.14. The van der Waals surface area contributed by atoms with Gasteiger partial charge in [-0.1, -0.05) is 24.3 Å². The van der Waals surface area contributed by atoms with Crippen molar-refractivity contribution in [1.29, 1.82) is 0 Å². The van der Waals surface area contributed by atoms with E-state index in [1.54, 1.807) is 37.4 Å². The van der Waals surface area contributed by atoms with Crippen LogP contribution in [0.3, 0.4) is 0 Å². The van der Waals surface area contributed by atoms with E-state index < -0.39 is 17.1 Å². The van der Waals surface area contributed by atoms with Gasteiger partial charge in [-0.3, -0.25) is 9.36 Å². The number of aliphatic hydroxyl groups excluding tert-OH is 1. The summed E-state index contributed by atoms with van der Waals surface area (Å²) in [6.07, 6.45) is 0. The van der Waals surface area contributed by atoms with E-state index in [0.717, 1.165) is 20.3 Å². The summed E-state index contributed by atoms with van der Waals surface area (Å²) < 4.78 is 17.4. The maximum Gasteiger partial charge on any atom is 0.337 e. The summed E-state index contributed by atoms with van der Waals surface area (Å²) >= 11 is 1.98. The zero-order chi connectivity index (χ0) is 19.6. The van der Waals surface area contributed by atoms with Gasteiger partial charge in [0.05, 0.1) is 18.8 Å². The number of nitrogens with zero attached hydrogens (tertiary/aromatic N) is 2. The Bertz CT molecular complexity index is 1090. The summed E-state index contributed by atoms with van der Waals surface area (Å²) in [6.45, 7) is -0.0463. The van der Waals surface area contributed by atoms with Crippen molar-refractivity contribution in [2.24, 2.45) is 0 Å². The highest BCUT2D eigenvalue weighted by atomic mass is 127. The lowest BCUT2D eigenvalue weighted by molar-refractivity contribution is 0.282. The molecule has 2 N–H and O–H groups in total. The van der Waals surface area contributed by atoms with Crippen molar-refractivity contribution in [1.82, 2.24) is 9.13 Å². The van der Waals surface area contributed by atoms with Crippen LogP contribution in [0.5, 0.6) is 0 Å². The molecule has 0 amide bonds. The molecule has 3 aromatic rings. The molecule has 0 unspecified atom stereocenters. The molecule has 0 saturated heterocycles. The first-order valence-corrected chi connectivity index (χ1v) is 9.21. The average Bonchev–Trinajstić information content (AvgIpc) is 2.66. The first-order valence-electron chi connectivity index (χ1n) is 8.13. The molecule has 8 heteroatoms. The van der Waals surface area contributed by atoms with Gasteiger partial charge in [-0.2, -0.15) is 0 Å². The lowest BCUT2D eigenvalue weighted by Gasteiger charge is -2.16. The zero-order valence-electron chi connectivity index (χ0n) is 14.4. The van der Waals surface area contributed by atoms with Crippen LogP contribution < -0.4 is 16.6 Å². The van der Waals surface area contributed by atoms with Crippen molar-refractivity contribution < 1.29 is 9.50 Å². The fourth-order valence-corrected chi connectivity index (χ4v) is 3.19. The van der Waals surface area contributed by atoms with Gasteiger partial charge in [-0.05, 0) is 51.9 Å². The molecule has 0 saturated carbocycles. The standard InChI is InChI=1S/C19H17FIN3O3/c1-22-17-9-18(26)23(10-12-2-4-13(11-25)5-3-12)19(27)24(17)16-7-6-14(21)8-15(16)20/h2-9,22,25H,10-11H2,1H3. The van der Waals surface area contributed by atoms with Crippen molar-refractivity contribution in [3.63, 3.8) is 0 Å². The number of benzene rings is 2. The molecule has 1 heterocycles. The molecule has 1 aromatic heterocycles. The minimum Gasteiger partial charge on any atom is -0.392 e. The smallest absolute Gasteiger partial charge is 0.337 e. The molecule has 0 spiro atoms. The quantitative estimate of drug-likeness (QED) is 0.549. The highest BCUT2D eigenvalue weighted by Crippen LogP contribution is 2.18. The van der Waals surface area contributed by atoms with E-state index in [1.165, 1.54) is 18.2 Å². The van der Waals surface area contributed by atoms with E-state index in [-0.39, 0.29) is 24.7 Å². The molecule has 0 aliphatic heterocycles. The third-order valence-corrected chi connectivity index (χ3v) is 4.81. The van der Waals surface area contributed by atoms with Gasteiger partial charge in [-0.15, -0.1) is 0 Å². The van der Waals surface area contributed by atoms with Gasteiger partial charge in [0.15, 0.2) is 0 Å². The van der Waals surface area contributed by atoms with Crippen molar-refractivity contribution in [2.45, 2.75) is 13.2 Å². The molecular formula is C19H17FIN3O3. The van der Waals surface area contributed by atoms with Crippen LogP contribution in [0.2, 0.25) is 0 Å². The zero-order valence-corrected chi connectivity index (χ0v) is 16.6. The minimum absolute atomic E-state index is 0.0410. The van der Waals surface area contributed by atoms with E-state index in [1.807, 2.05) is 22.6 Å². The molecule has 140 valence electrons. The normalized spacial score (nSPS) is 10.8. The van der Waals surface area contributed by atoms with E-state index in [2.05, 4.69) is 5.32 Å². The highest BCUT2D eigenvalue weighted by molar-refractivity contribution is 14.1. The maximum atomic E-state index is 14.5. The number of hydrogen-bond donors (Lipinski definition) is 2. The molecule has 0 aliphatic rings. The lowest BCUT2D eigenvalue weighted by atomic mass is 10.1. The van der Waals surface area contributed by atoms with Crippen molar-refractivity contribution in [3.05, 3.63) is 89.9 Å².